The summed E-state index contributed by atoms with van der Waals surface area (Å²) < 4.78 is 0. The molecule has 1 heterocycles. The maximum atomic E-state index is 11.8. The molecule has 0 spiro atoms. The second-order valence-electron chi connectivity index (χ2n) is 6.46. The van der Waals surface area contributed by atoms with Crippen molar-refractivity contribution in [3.05, 3.63) is 40.4 Å². The average Bonchev–Trinajstić information content (AvgIpc) is 2.88. The van der Waals surface area contributed by atoms with Crippen LogP contribution in [0, 0.1) is 13.8 Å². The van der Waals surface area contributed by atoms with Crippen molar-refractivity contribution in [2.75, 3.05) is 18.9 Å². The highest BCUT2D eigenvalue weighted by molar-refractivity contribution is 7.13. The first-order chi connectivity index (χ1) is 11.3. The molecule has 0 bridgehead atoms. The first kappa shape index (κ1) is 18.4. The zero-order valence-electron chi connectivity index (χ0n) is 15.0. The molecular weight excluding hydrogens is 320 g/mol. The molecule has 0 aliphatic rings. The Hall–Kier alpha value is -1.92. The summed E-state index contributed by atoms with van der Waals surface area (Å²) in [5.41, 5.74) is 4.55. The van der Waals surface area contributed by atoms with Crippen LogP contribution in [0.25, 0.3) is 0 Å². The number of likely N-dealkylation sites (N-methyl/N-ethyl adjacent to an activating group) is 1. The Morgan fingerprint density at radius 3 is 2.71 bits per heavy atom. The zero-order valence-corrected chi connectivity index (χ0v) is 15.8. The van der Waals surface area contributed by atoms with Crippen LogP contribution in [0.4, 0.5) is 10.8 Å². The number of hydrogen-bond acceptors (Lipinski definition) is 5. The monoisotopic (exact) mass is 346 g/mol. The molecule has 5 nitrogen and oxygen atoms in total. The number of carbonyl (C=O) groups excluding carboxylic acids is 1. The van der Waals surface area contributed by atoms with E-state index in [0.29, 0.717) is 13.1 Å². The number of aryl methyl sites for hydroxylation is 2. The van der Waals surface area contributed by atoms with E-state index in [1.807, 2.05) is 31.2 Å². The minimum atomic E-state index is 0.0382. The Bertz CT molecular complexity index is 696. The van der Waals surface area contributed by atoms with Crippen molar-refractivity contribution in [2.45, 2.75) is 40.3 Å². The largest absolute Gasteiger partial charge is 0.353 e. The molecule has 130 valence electrons. The van der Waals surface area contributed by atoms with E-state index in [0.717, 1.165) is 16.5 Å². The van der Waals surface area contributed by atoms with Gasteiger partial charge in [-0.05, 0) is 58.0 Å². The minimum Gasteiger partial charge on any atom is -0.353 e. The molecule has 1 aromatic carbocycles. The molecule has 24 heavy (non-hydrogen) atoms. The predicted octanol–water partition coefficient (Wildman–Crippen LogP) is 3.46. The lowest BCUT2D eigenvalue weighted by atomic mass is 10.1. The van der Waals surface area contributed by atoms with Gasteiger partial charge >= 0.3 is 0 Å². The van der Waals surface area contributed by atoms with E-state index in [4.69, 9.17) is 0 Å². The summed E-state index contributed by atoms with van der Waals surface area (Å²) in [7, 11) is 1.93. The molecule has 2 aromatic rings. The number of aromatic nitrogens is 1. The molecule has 6 heteroatoms. The third kappa shape index (κ3) is 5.62. The van der Waals surface area contributed by atoms with Crippen LogP contribution in [0.1, 0.15) is 30.7 Å². The van der Waals surface area contributed by atoms with Gasteiger partial charge in [0, 0.05) is 23.7 Å². The normalized spacial score (nSPS) is 11.1. The topological polar surface area (TPSA) is 57.3 Å². The molecule has 2 N–H and O–H groups in total. The van der Waals surface area contributed by atoms with Crippen molar-refractivity contribution in [3.63, 3.8) is 0 Å². The minimum absolute atomic E-state index is 0.0382. The van der Waals surface area contributed by atoms with Gasteiger partial charge in [-0.25, -0.2) is 4.98 Å². The Labute approximate surface area is 148 Å². The fourth-order valence-electron chi connectivity index (χ4n) is 2.32. The number of carbonyl (C=O) groups is 1. The number of nitrogens with one attached hydrogen (secondary N) is 2. The lowest BCUT2D eigenvalue weighted by Crippen LogP contribution is -2.38. The number of hydrogen-bond donors (Lipinski definition) is 2. The van der Waals surface area contributed by atoms with E-state index in [9.17, 15) is 4.79 Å². The first-order valence-corrected chi connectivity index (χ1v) is 8.98. The molecule has 1 amide bonds. The van der Waals surface area contributed by atoms with E-state index in [2.05, 4.69) is 47.7 Å². The second-order valence-corrected chi connectivity index (χ2v) is 7.32. The van der Waals surface area contributed by atoms with Crippen molar-refractivity contribution in [3.8, 4) is 0 Å². The molecule has 0 saturated heterocycles. The van der Waals surface area contributed by atoms with Crippen LogP contribution in [-0.4, -0.2) is 35.4 Å². The van der Waals surface area contributed by atoms with Gasteiger partial charge in [-0.1, -0.05) is 6.07 Å². The third-order valence-electron chi connectivity index (χ3n) is 3.61. The highest BCUT2D eigenvalue weighted by Crippen LogP contribution is 2.23. The van der Waals surface area contributed by atoms with Crippen molar-refractivity contribution in [1.82, 2.24) is 15.2 Å². The molecule has 0 saturated carbocycles. The molecular formula is C18H26N4OS. The van der Waals surface area contributed by atoms with Crippen LogP contribution in [0.5, 0.6) is 0 Å². The van der Waals surface area contributed by atoms with Gasteiger partial charge in [-0.3, -0.25) is 9.69 Å². The summed E-state index contributed by atoms with van der Waals surface area (Å²) in [5.74, 6) is 0.0382. The summed E-state index contributed by atoms with van der Waals surface area (Å²) in [6.07, 6.45) is 0. The number of nitrogens with zero attached hydrogens (tertiary/aromatic N) is 2. The van der Waals surface area contributed by atoms with Crippen molar-refractivity contribution in [2.24, 2.45) is 0 Å². The van der Waals surface area contributed by atoms with Crippen molar-refractivity contribution in [1.29, 1.82) is 0 Å². The van der Waals surface area contributed by atoms with Crippen molar-refractivity contribution >= 4 is 28.1 Å². The van der Waals surface area contributed by atoms with Gasteiger partial charge in [0.1, 0.15) is 0 Å². The van der Waals surface area contributed by atoms with Crippen molar-refractivity contribution < 1.29 is 4.79 Å². The summed E-state index contributed by atoms with van der Waals surface area (Å²) in [6.45, 7) is 9.15. The van der Waals surface area contributed by atoms with E-state index >= 15 is 0 Å². The number of benzene rings is 1. The van der Waals surface area contributed by atoms with E-state index in [1.54, 1.807) is 11.3 Å². The Kier molecular flexibility index (Phi) is 6.34. The fourth-order valence-corrected chi connectivity index (χ4v) is 3.05. The highest BCUT2D eigenvalue weighted by atomic mass is 32.1. The van der Waals surface area contributed by atoms with Gasteiger partial charge in [0.2, 0.25) is 5.91 Å². The summed E-state index contributed by atoms with van der Waals surface area (Å²) in [5, 5.41) is 9.14. The highest BCUT2D eigenvalue weighted by Gasteiger charge is 2.10. The van der Waals surface area contributed by atoms with Crippen LogP contribution >= 0.6 is 11.3 Å². The quantitative estimate of drug-likeness (QED) is 0.806. The van der Waals surface area contributed by atoms with Crippen LogP contribution in [0.15, 0.2) is 23.6 Å². The van der Waals surface area contributed by atoms with Gasteiger partial charge in [0.15, 0.2) is 5.13 Å². The lowest BCUT2D eigenvalue weighted by Gasteiger charge is -2.16. The van der Waals surface area contributed by atoms with Gasteiger partial charge < -0.3 is 10.6 Å². The number of thiazole rings is 1. The van der Waals surface area contributed by atoms with Gasteiger partial charge in [0.25, 0.3) is 0 Å². The number of amides is 1. The summed E-state index contributed by atoms with van der Waals surface area (Å²) in [6, 6.07) is 6.46. The lowest BCUT2D eigenvalue weighted by molar-refractivity contribution is -0.122. The van der Waals surface area contributed by atoms with E-state index in [1.165, 1.54) is 11.1 Å². The van der Waals surface area contributed by atoms with Gasteiger partial charge in [-0.2, -0.15) is 0 Å². The van der Waals surface area contributed by atoms with Gasteiger partial charge in [-0.15, -0.1) is 11.3 Å². The molecule has 2 rings (SSSR count). The smallest absolute Gasteiger partial charge is 0.234 e. The molecule has 0 unspecified atom stereocenters. The molecule has 0 atom stereocenters. The standard InChI is InChI=1S/C18H26N4OS/c1-12(2)19-17(23)10-22(5)9-16-11-24-18(21-16)20-15-7-6-13(3)14(4)8-15/h6-8,11-12H,9-10H2,1-5H3,(H,19,23)(H,20,21). The van der Waals surface area contributed by atoms with E-state index in [-0.39, 0.29) is 11.9 Å². The number of rotatable bonds is 7. The van der Waals surface area contributed by atoms with E-state index < -0.39 is 0 Å². The van der Waals surface area contributed by atoms with Gasteiger partial charge in [0.05, 0.1) is 12.2 Å². The second kappa shape index (κ2) is 8.26. The van der Waals surface area contributed by atoms with Crippen LogP contribution < -0.4 is 10.6 Å². The molecule has 0 aliphatic carbocycles. The fraction of sp³-hybridized carbons (Fsp3) is 0.444. The Morgan fingerprint density at radius 1 is 1.29 bits per heavy atom. The first-order valence-electron chi connectivity index (χ1n) is 8.10. The average molecular weight is 347 g/mol. The summed E-state index contributed by atoms with van der Waals surface area (Å²) in [4.78, 5) is 18.3. The Balaban J connectivity index is 1.90. The summed E-state index contributed by atoms with van der Waals surface area (Å²) >= 11 is 1.58. The molecule has 1 aromatic heterocycles. The molecule has 0 radical (unpaired) electrons. The SMILES string of the molecule is Cc1ccc(Nc2nc(CN(C)CC(=O)NC(C)C)cs2)cc1C. The third-order valence-corrected chi connectivity index (χ3v) is 4.41. The predicted molar refractivity (Wildman–Crippen MR) is 101 cm³/mol. The van der Waals surface area contributed by atoms with Crippen LogP contribution in [0.2, 0.25) is 0 Å². The zero-order chi connectivity index (χ0) is 17.7. The Morgan fingerprint density at radius 2 is 2.04 bits per heavy atom. The maximum absolute atomic E-state index is 11.8. The van der Waals surface area contributed by atoms with Crippen LogP contribution in [-0.2, 0) is 11.3 Å². The maximum Gasteiger partial charge on any atom is 0.234 e. The van der Waals surface area contributed by atoms with Crippen LogP contribution in [0.3, 0.4) is 0 Å². The molecule has 0 fully saturated rings. The molecule has 0 aliphatic heterocycles. The number of anilines is 2.